The van der Waals surface area contributed by atoms with Crippen LogP contribution in [0.4, 0.5) is 0 Å². The molecule has 0 saturated carbocycles. The Morgan fingerprint density at radius 1 is 1.00 bits per heavy atom. The van der Waals surface area contributed by atoms with E-state index in [0.29, 0.717) is 13.2 Å². The predicted octanol–water partition coefficient (Wildman–Crippen LogP) is 2.09. The number of hydrogen-bond acceptors (Lipinski definition) is 4. The second-order valence-electron chi connectivity index (χ2n) is 5.06. The molecule has 1 aliphatic heterocycles. The molecule has 0 radical (unpaired) electrons. The van der Waals surface area contributed by atoms with Crippen LogP contribution in [-0.4, -0.2) is 69.4 Å². The summed E-state index contributed by atoms with van der Waals surface area (Å²) in [6.45, 7) is 7.66. The highest BCUT2D eigenvalue weighted by Crippen LogP contribution is 2.15. The SMILES string of the molecule is CN1CCN(CCOCCOc2ccc(Br)cc2)CC1. The number of nitrogens with zero attached hydrogens (tertiary/aromatic N) is 2. The zero-order chi connectivity index (χ0) is 14.2. The van der Waals surface area contributed by atoms with E-state index in [1.54, 1.807) is 0 Å². The van der Waals surface area contributed by atoms with Crippen LogP contribution < -0.4 is 4.74 Å². The van der Waals surface area contributed by atoms with Crippen molar-refractivity contribution in [3.63, 3.8) is 0 Å². The van der Waals surface area contributed by atoms with Crippen molar-refractivity contribution in [2.24, 2.45) is 0 Å². The largest absolute Gasteiger partial charge is 0.491 e. The van der Waals surface area contributed by atoms with Crippen LogP contribution in [-0.2, 0) is 4.74 Å². The molecule has 20 heavy (non-hydrogen) atoms. The smallest absolute Gasteiger partial charge is 0.119 e. The molecule has 4 nitrogen and oxygen atoms in total. The molecule has 0 atom stereocenters. The lowest BCUT2D eigenvalue weighted by atomic mass is 10.3. The van der Waals surface area contributed by atoms with E-state index in [4.69, 9.17) is 9.47 Å². The summed E-state index contributed by atoms with van der Waals surface area (Å²) in [4.78, 5) is 4.82. The maximum absolute atomic E-state index is 5.62. The van der Waals surface area contributed by atoms with Crippen LogP contribution in [0.5, 0.6) is 5.75 Å². The average molecular weight is 343 g/mol. The van der Waals surface area contributed by atoms with Crippen LogP contribution >= 0.6 is 15.9 Å². The molecule has 1 aromatic rings. The van der Waals surface area contributed by atoms with Crippen LogP contribution in [0.15, 0.2) is 28.7 Å². The topological polar surface area (TPSA) is 24.9 Å². The van der Waals surface area contributed by atoms with Gasteiger partial charge in [-0.05, 0) is 31.3 Å². The third kappa shape index (κ3) is 5.79. The Hall–Kier alpha value is -0.620. The standard InChI is InChI=1S/C15H23BrN2O2/c1-17-6-8-18(9-7-17)10-11-19-12-13-20-15-4-2-14(16)3-5-15/h2-5H,6-13H2,1H3. The molecule has 1 saturated heterocycles. The maximum Gasteiger partial charge on any atom is 0.119 e. The summed E-state index contributed by atoms with van der Waals surface area (Å²) in [5.74, 6) is 0.885. The molecule has 1 aromatic carbocycles. The summed E-state index contributed by atoms with van der Waals surface area (Å²) in [7, 11) is 2.17. The van der Waals surface area contributed by atoms with Crippen LogP contribution in [0.25, 0.3) is 0 Å². The first kappa shape index (κ1) is 15.8. The van der Waals surface area contributed by atoms with Gasteiger partial charge in [0.2, 0.25) is 0 Å². The highest BCUT2D eigenvalue weighted by molar-refractivity contribution is 9.10. The third-order valence-electron chi connectivity index (χ3n) is 3.46. The summed E-state index contributed by atoms with van der Waals surface area (Å²) < 4.78 is 12.3. The van der Waals surface area contributed by atoms with Crippen molar-refractivity contribution in [3.8, 4) is 5.75 Å². The van der Waals surface area contributed by atoms with Gasteiger partial charge < -0.3 is 14.4 Å². The Bertz CT molecular complexity index is 378. The second kappa shape index (κ2) is 8.62. The first-order valence-corrected chi connectivity index (χ1v) is 7.90. The monoisotopic (exact) mass is 342 g/mol. The summed E-state index contributed by atoms with van der Waals surface area (Å²) in [5, 5.41) is 0. The minimum absolute atomic E-state index is 0.602. The summed E-state index contributed by atoms with van der Waals surface area (Å²) in [6.07, 6.45) is 0. The lowest BCUT2D eigenvalue weighted by Crippen LogP contribution is -2.45. The normalized spacial score (nSPS) is 17.3. The highest BCUT2D eigenvalue weighted by Gasteiger charge is 2.12. The number of ether oxygens (including phenoxy) is 2. The molecule has 0 aliphatic carbocycles. The first-order chi connectivity index (χ1) is 9.74. The maximum atomic E-state index is 5.62. The van der Waals surface area contributed by atoms with Crippen molar-refractivity contribution >= 4 is 15.9 Å². The Labute approximate surface area is 129 Å². The van der Waals surface area contributed by atoms with Crippen molar-refractivity contribution in [1.29, 1.82) is 0 Å². The average Bonchev–Trinajstić information content (AvgIpc) is 2.46. The fraction of sp³-hybridized carbons (Fsp3) is 0.600. The predicted molar refractivity (Wildman–Crippen MR) is 84.4 cm³/mol. The Kier molecular flexibility index (Phi) is 6.79. The van der Waals surface area contributed by atoms with E-state index in [1.165, 1.54) is 0 Å². The number of piperazine rings is 1. The van der Waals surface area contributed by atoms with Gasteiger partial charge in [-0.2, -0.15) is 0 Å². The van der Waals surface area contributed by atoms with E-state index >= 15 is 0 Å². The van der Waals surface area contributed by atoms with Crippen LogP contribution in [0.2, 0.25) is 0 Å². The summed E-state index contributed by atoms with van der Waals surface area (Å²) >= 11 is 3.40. The third-order valence-corrected chi connectivity index (χ3v) is 3.99. The van der Waals surface area contributed by atoms with Gasteiger partial charge in [0.15, 0.2) is 0 Å². The van der Waals surface area contributed by atoms with Gasteiger partial charge in [-0.1, -0.05) is 15.9 Å². The number of rotatable bonds is 7. The van der Waals surface area contributed by atoms with Crippen LogP contribution in [0.1, 0.15) is 0 Å². The lowest BCUT2D eigenvalue weighted by molar-refractivity contribution is 0.0658. The molecule has 0 bridgehead atoms. The minimum atomic E-state index is 0.602. The van der Waals surface area contributed by atoms with E-state index in [0.717, 1.165) is 49.6 Å². The van der Waals surface area contributed by atoms with Crippen molar-refractivity contribution in [2.75, 3.05) is 59.6 Å². The van der Waals surface area contributed by atoms with Crippen molar-refractivity contribution < 1.29 is 9.47 Å². The molecule has 1 heterocycles. The van der Waals surface area contributed by atoms with E-state index in [1.807, 2.05) is 24.3 Å². The molecular formula is C15H23BrN2O2. The molecule has 0 amide bonds. The second-order valence-corrected chi connectivity index (χ2v) is 5.98. The summed E-state index contributed by atoms with van der Waals surface area (Å²) in [6, 6.07) is 7.86. The zero-order valence-electron chi connectivity index (χ0n) is 12.1. The number of benzene rings is 1. The van der Waals surface area contributed by atoms with E-state index in [2.05, 4.69) is 32.8 Å². The van der Waals surface area contributed by atoms with E-state index in [9.17, 15) is 0 Å². The molecule has 1 fully saturated rings. The first-order valence-electron chi connectivity index (χ1n) is 7.11. The van der Waals surface area contributed by atoms with Gasteiger partial charge in [0.25, 0.3) is 0 Å². The molecule has 1 aliphatic rings. The molecule has 112 valence electrons. The minimum Gasteiger partial charge on any atom is -0.491 e. The molecule has 0 unspecified atom stereocenters. The quantitative estimate of drug-likeness (QED) is 0.708. The van der Waals surface area contributed by atoms with Gasteiger partial charge in [-0.3, -0.25) is 4.90 Å². The number of likely N-dealkylation sites (N-methyl/N-ethyl adjacent to an activating group) is 1. The molecule has 0 spiro atoms. The van der Waals surface area contributed by atoms with Gasteiger partial charge in [-0.15, -0.1) is 0 Å². The van der Waals surface area contributed by atoms with Crippen LogP contribution in [0, 0.1) is 0 Å². The van der Waals surface area contributed by atoms with Crippen molar-refractivity contribution in [3.05, 3.63) is 28.7 Å². The van der Waals surface area contributed by atoms with Crippen LogP contribution in [0.3, 0.4) is 0 Å². The van der Waals surface area contributed by atoms with Gasteiger partial charge in [-0.25, -0.2) is 0 Å². The summed E-state index contributed by atoms with van der Waals surface area (Å²) in [5.41, 5.74) is 0. The van der Waals surface area contributed by atoms with E-state index < -0.39 is 0 Å². The van der Waals surface area contributed by atoms with Crippen molar-refractivity contribution in [1.82, 2.24) is 9.80 Å². The Balaban J connectivity index is 1.48. The fourth-order valence-electron chi connectivity index (χ4n) is 2.12. The lowest BCUT2D eigenvalue weighted by Gasteiger charge is -2.32. The van der Waals surface area contributed by atoms with E-state index in [-0.39, 0.29) is 0 Å². The van der Waals surface area contributed by atoms with Gasteiger partial charge in [0, 0.05) is 37.2 Å². The van der Waals surface area contributed by atoms with Gasteiger partial charge >= 0.3 is 0 Å². The van der Waals surface area contributed by atoms with Crippen molar-refractivity contribution in [2.45, 2.75) is 0 Å². The zero-order valence-corrected chi connectivity index (χ0v) is 13.6. The van der Waals surface area contributed by atoms with Gasteiger partial charge in [0.05, 0.1) is 13.2 Å². The molecule has 0 N–H and O–H groups in total. The number of halogens is 1. The molecule has 2 rings (SSSR count). The number of hydrogen-bond donors (Lipinski definition) is 0. The molecule has 0 aromatic heterocycles. The van der Waals surface area contributed by atoms with Gasteiger partial charge in [0.1, 0.15) is 12.4 Å². The Morgan fingerprint density at radius 3 is 2.40 bits per heavy atom. The highest BCUT2D eigenvalue weighted by atomic mass is 79.9. The fourth-order valence-corrected chi connectivity index (χ4v) is 2.38. The Morgan fingerprint density at radius 2 is 1.70 bits per heavy atom. The molecular weight excluding hydrogens is 320 g/mol. The molecule has 5 heteroatoms.